The molecule has 1 amide bonds. The molecule has 0 aliphatic carbocycles. The number of amides is 1. The number of aryl methyl sites for hydroxylation is 2. The van der Waals surface area contributed by atoms with E-state index in [-0.39, 0.29) is 18.1 Å². The van der Waals surface area contributed by atoms with Crippen LogP contribution in [-0.2, 0) is 4.79 Å². The zero-order chi connectivity index (χ0) is 16.0. The number of benzene rings is 1. The number of rotatable bonds is 7. The van der Waals surface area contributed by atoms with Crippen LogP contribution in [0.3, 0.4) is 0 Å². The number of hydrogen-bond donors (Lipinski definition) is 2. The molecule has 1 aromatic carbocycles. The second kappa shape index (κ2) is 7.46. The molecular formula is C17H28N2O2. The van der Waals surface area contributed by atoms with Gasteiger partial charge < -0.3 is 15.8 Å². The van der Waals surface area contributed by atoms with Gasteiger partial charge in [-0.25, -0.2) is 0 Å². The molecule has 1 aromatic rings. The van der Waals surface area contributed by atoms with Crippen LogP contribution in [0.1, 0.15) is 38.3 Å². The van der Waals surface area contributed by atoms with E-state index in [2.05, 4.69) is 19.2 Å². The molecule has 0 aliphatic heterocycles. The fourth-order valence-corrected chi connectivity index (χ4v) is 2.56. The molecule has 0 saturated carbocycles. The minimum Gasteiger partial charge on any atom is -0.484 e. The van der Waals surface area contributed by atoms with Crippen molar-refractivity contribution < 1.29 is 9.53 Å². The van der Waals surface area contributed by atoms with Crippen LogP contribution in [0, 0.1) is 19.8 Å². The van der Waals surface area contributed by atoms with Gasteiger partial charge in [-0.15, -0.1) is 0 Å². The van der Waals surface area contributed by atoms with E-state index in [0.29, 0.717) is 12.5 Å². The maximum absolute atomic E-state index is 12.1. The summed E-state index contributed by atoms with van der Waals surface area (Å²) in [6, 6.07) is 5.91. The van der Waals surface area contributed by atoms with Crippen molar-refractivity contribution in [2.45, 2.75) is 46.6 Å². The Morgan fingerprint density at radius 3 is 2.57 bits per heavy atom. The maximum atomic E-state index is 12.1. The van der Waals surface area contributed by atoms with Crippen molar-refractivity contribution in [3.8, 4) is 5.75 Å². The number of nitrogens with two attached hydrogens (primary N) is 1. The summed E-state index contributed by atoms with van der Waals surface area (Å²) in [6.45, 7) is 10.6. The van der Waals surface area contributed by atoms with Gasteiger partial charge in [-0.05, 0) is 44.7 Å². The van der Waals surface area contributed by atoms with E-state index in [0.717, 1.165) is 17.7 Å². The Morgan fingerprint density at radius 2 is 2.05 bits per heavy atom. The zero-order valence-electron chi connectivity index (χ0n) is 13.8. The average molecular weight is 292 g/mol. The maximum Gasteiger partial charge on any atom is 0.258 e. The van der Waals surface area contributed by atoms with Crippen LogP contribution < -0.4 is 15.8 Å². The Bertz CT molecular complexity index is 486. The van der Waals surface area contributed by atoms with Crippen LogP contribution in [0.25, 0.3) is 0 Å². The van der Waals surface area contributed by atoms with Gasteiger partial charge in [0.1, 0.15) is 5.75 Å². The highest BCUT2D eigenvalue weighted by atomic mass is 16.5. The summed E-state index contributed by atoms with van der Waals surface area (Å²) in [5.41, 5.74) is 7.63. The summed E-state index contributed by atoms with van der Waals surface area (Å²) in [4.78, 5) is 12.1. The van der Waals surface area contributed by atoms with Crippen molar-refractivity contribution in [1.82, 2.24) is 5.32 Å². The van der Waals surface area contributed by atoms with Gasteiger partial charge in [-0.1, -0.05) is 31.5 Å². The van der Waals surface area contributed by atoms with Crippen molar-refractivity contribution in [2.24, 2.45) is 11.7 Å². The third kappa shape index (κ3) is 5.76. The first kappa shape index (κ1) is 17.5. The Labute approximate surface area is 128 Å². The molecule has 4 nitrogen and oxygen atoms in total. The fourth-order valence-electron chi connectivity index (χ4n) is 2.56. The molecule has 0 radical (unpaired) electrons. The predicted octanol–water partition coefficient (Wildman–Crippen LogP) is 2.56. The van der Waals surface area contributed by atoms with Crippen molar-refractivity contribution in [3.05, 3.63) is 29.3 Å². The first-order valence-electron chi connectivity index (χ1n) is 7.47. The number of ether oxygens (including phenoxy) is 1. The lowest BCUT2D eigenvalue weighted by molar-refractivity contribution is -0.125. The Kier molecular flexibility index (Phi) is 6.21. The van der Waals surface area contributed by atoms with E-state index in [1.165, 1.54) is 5.56 Å². The van der Waals surface area contributed by atoms with Crippen molar-refractivity contribution in [2.75, 3.05) is 13.2 Å². The summed E-state index contributed by atoms with van der Waals surface area (Å²) < 4.78 is 5.60. The van der Waals surface area contributed by atoms with Crippen LogP contribution in [-0.4, -0.2) is 24.6 Å². The highest BCUT2D eigenvalue weighted by Gasteiger charge is 2.25. The van der Waals surface area contributed by atoms with Crippen LogP contribution in [0.5, 0.6) is 5.75 Å². The molecule has 0 spiro atoms. The van der Waals surface area contributed by atoms with E-state index >= 15 is 0 Å². The van der Waals surface area contributed by atoms with Crippen molar-refractivity contribution >= 4 is 5.91 Å². The SMILES string of the molecule is Cc1ccc(OCC(=O)NC(C)(CN)CC(C)C)c(C)c1. The van der Waals surface area contributed by atoms with Gasteiger partial charge in [0, 0.05) is 12.1 Å². The second-order valence-corrected chi connectivity index (χ2v) is 6.47. The van der Waals surface area contributed by atoms with Gasteiger partial charge in [-0.2, -0.15) is 0 Å². The molecule has 1 atom stereocenters. The standard InChI is InChI=1S/C17H28N2O2/c1-12(2)9-17(5,11-18)19-16(20)10-21-15-7-6-13(3)8-14(15)4/h6-8,12H,9-11,18H2,1-5H3,(H,19,20). The molecule has 0 bridgehead atoms. The van der Waals surface area contributed by atoms with E-state index < -0.39 is 0 Å². The molecule has 0 fully saturated rings. The van der Waals surface area contributed by atoms with Crippen LogP contribution in [0.4, 0.5) is 0 Å². The quantitative estimate of drug-likeness (QED) is 0.812. The minimum absolute atomic E-state index is 0.0115. The van der Waals surface area contributed by atoms with E-state index in [1.54, 1.807) is 0 Å². The van der Waals surface area contributed by atoms with Crippen LogP contribution >= 0.6 is 0 Å². The van der Waals surface area contributed by atoms with Crippen molar-refractivity contribution in [1.29, 1.82) is 0 Å². The van der Waals surface area contributed by atoms with Crippen LogP contribution in [0.15, 0.2) is 18.2 Å². The lowest BCUT2D eigenvalue weighted by Gasteiger charge is -2.31. The minimum atomic E-state index is -0.378. The summed E-state index contributed by atoms with van der Waals surface area (Å²) >= 11 is 0. The smallest absolute Gasteiger partial charge is 0.258 e. The highest BCUT2D eigenvalue weighted by molar-refractivity contribution is 5.78. The average Bonchev–Trinajstić information content (AvgIpc) is 2.36. The molecule has 0 aromatic heterocycles. The third-order valence-corrected chi connectivity index (χ3v) is 3.44. The summed E-state index contributed by atoms with van der Waals surface area (Å²) in [7, 11) is 0. The topological polar surface area (TPSA) is 64.3 Å². The predicted molar refractivity (Wildman–Crippen MR) is 86.5 cm³/mol. The number of carbonyl (C=O) groups excluding carboxylic acids is 1. The molecular weight excluding hydrogens is 264 g/mol. The van der Waals surface area contributed by atoms with Crippen LogP contribution in [0.2, 0.25) is 0 Å². The third-order valence-electron chi connectivity index (χ3n) is 3.44. The molecule has 0 heterocycles. The number of hydrogen-bond acceptors (Lipinski definition) is 3. The lowest BCUT2D eigenvalue weighted by atomic mass is 9.91. The van der Waals surface area contributed by atoms with Gasteiger partial charge in [0.05, 0.1) is 0 Å². The Morgan fingerprint density at radius 1 is 1.38 bits per heavy atom. The van der Waals surface area contributed by atoms with E-state index in [1.807, 2.05) is 39.0 Å². The molecule has 1 unspecified atom stereocenters. The monoisotopic (exact) mass is 292 g/mol. The van der Waals surface area contributed by atoms with Gasteiger partial charge in [0.25, 0.3) is 5.91 Å². The van der Waals surface area contributed by atoms with Crippen molar-refractivity contribution in [3.63, 3.8) is 0 Å². The number of carbonyl (C=O) groups is 1. The second-order valence-electron chi connectivity index (χ2n) is 6.47. The molecule has 118 valence electrons. The molecule has 1 rings (SSSR count). The summed E-state index contributed by atoms with van der Waals surface area (Å²) in [6.07, 6.45) is 0.846. The molecule has 0 aliphatic rings. The lowest BCUT2D eigenvalue weighted by Crippen LogP contribution is -2.53. The number of nitrogens with one attached hydrogen (secondary N) is 1. The molecule has 4 heteroatoms. The molecule has 0 saturated heterocycles. The van der Waals surface area contributed by atoms with Gasteiger partial charge in [0.2, 0.25) is 0 Å². The van der Waals surface area contributed by atoms with Gasteiger partial charge in [-0.3, -0.25) is 4.79 Å². The van der Waals surface area contributed by atoms with Gasteiger partial charge in [0.15, 0.2) is 6.61 Å². The molecule has 3 N–H and O–H groups in total. The van der Waals surface area contributed by atoms with Gasteiger partial charge >= 0.3 is 0 Å². The first-order chi connectivity index (χ1) is 9.75. The zero-order valence-corrected chi connectivity index (χ0v) is 13.8. The Balaban J connectivity index is 2.57. The fraction of sp³-hybridized carbons (Fsp3) is 0.588. The Hall–Kier alpha value is -1.55. The first-order valence-corrected chi connectivity index (χ1v) is 7.47. The normalized spacial score (nSPS) is 13.9. The highest BCUT2D eigenvalue weighted by Crippen LogP contribution is 2.19. The summed E-state index contributed by atoms with van der Waals surface area (Å²) in [5.74, 6) is 1.08. The van der Waals surface area contributed by atoms with E-state index in [4.69, 9.17) is 10.5 Å². The molecule has 21 heavy (non-hydrogen) atoms. The largest absolute Gasteiger partial charge is 0.484 e. The summed E-state index contributed by atoms with van der Waals surface area (Å²) in [5, 5.41) is 2.99. The van der Waals surface area contributed by atoms with E-state index in [9.17, 15) is 4.79 Å².